The molecule has 1 aromatic rings. The highest BCUT2D eigenvalue weighted by atomic mass is 19.3. The van der Waals surface area contributed by atoms with Gasteiger partial charge in [-0.25, -0.2) is 8.78 Å². The summed E-state index contributed by atoms with van der Waals surface area (Å²) in [4.78, 5) is 13.3. The Labute approximate surface area is 255 Å². The van der Waals surface area contributed by atoms with Gasteiger partial charge in [-0.15, -0.1) is 0 Å². The molecule has 0 bridgehead atoms. The molecule has 0 radical (unpaired) electrons. The number of halogens is 2. The van der Waals surface area contributed by atoms with Crippen LogP contribution in [0.15, 0.2) is 139 Å². The van der Waals surface area contributed by atoms with Crippen molar-refractivity contribution < 1.29 is 23.0 Å². The van der Waals surface area contributed by atoms with Gasteiger partial charge in [0.1, 0.15) is 17.1 Å². The Morgan fingerprint density at radius 1 is 1.00 bits per heavy atom. The van der Waals surface area contributed by atoms with Crippen LogP contribution in [0.25, 0.3) is 5.57 Å². The second-order valence-electron chi connectivity index (χ2n) is 10.3. The Kier molecular flexibility index (Phi) is 13.1. The number of carbonyl (C=O) groups is 1. The van der Waals surface area contributed by atoms with Gasteiger partial charge < -0.3 is 9.47 Å². The largest absolute Gasteiger partial charge is 0.496 e. The lowest BCUT2D eigenvalue weighted by molar-refractivity contribution is 0.0137. The van der Waals surface area contributed by atoms with E-state index in [0.717, 1.165) is 39.0 Å². The lowest BCUT2D eigenvalue weighted by Gasteiger charge is -2.18. The van der Waals surface area contributed by atoms with Crippen LogP contribution in [0.4, 0.5) is 8.78 Å². The van der Waals surface area contributed by atoms with Gasteiger partial charge in [-0.05, 0) is 71.9 Å². The number of benzene rings is 1. The maximum atomic E-state index is 13.7. The lowest BCUT2D eigenvalue weighted by Crippen LogP contribution is -2.11. The van der Waals surface area contributed by atoms with Crippen molar-refractivity contribution in [2.45, 2.75) is 45.5 Å². The summed E-state index contributed by atoms with van der Waals surface area (Å²) in [6.07, 6.45) is 17.9. The van der Waals surface area contributed by atoms with Gasteiger partial charge in [-0.1, -0.05) is 98.7 Å². The van der Waals surface area contributed by atoms with Crippen LogP contribution >= 0.6 is 0 Å². The van der Waals surface area contributed by atoms with Crippen molar-refractivity contribution in [2.24, 2.45) is 0 Å². The number of alkyl halides is 2. The summed E-state index contributed by atoms with van der Waals surface area (Å²) < 4.78 is 38.7. The first kappa shape index (κ1) is 34.7. The molecular weight excluding hydrogens is 542 g/mol. The number of ketones is 1. The first-order chi connectivity index (χ1) is 20.4. The summed E-state index contributed by atoms with van der Waals surface area (Å²) in [6.45, 7) is 24.0. The first-order valence-electron chi connectivity index (χ1n) is 13.9. The molecule has 1 aromatic carbocycles. The highest BCUT2D eigenvalue weighted by Crippen LogP contribution is 2.40. The van der Waals surface area contributed by atoms with E-state index in [1.165, 1.54) is 20.3 Å². The minimum Gasteiger partial charge on any atom is -0.496 e. The van der Waals surface area contributed by atoms with E-state index in [-0.39, 0.29) is 24.2 Å². The molecule has 226 valence electrons. The standard InChI is InChI=1S/C38H42F2O3/c1-10-13-16-30(14-11-2)31(15-12-3)20-27(6)28(7)21-32(19-26(4)5)33-23-35(42-8)37(36(24-33)43-9)34(41)22-29-17-18-38(39,40)25-29/h10-17,19-20,23-24H,1-2,4,6-7,18,21-22,25H2,3,5,8-9H3/b15-12-,16-13+,30-14+,31-20+,32-19+. The highest BCUT2D eigenvalue weighted by Gasteiger charge is 2.35. The van der Waals surface area contributed by atoms with Crippen LogP contribution in [0.3, 0.4) is 0 Å². The second kappa shape index (κ2) is 16.2. The minimum absolute atomic E-state index is 0.127. The van der Waals surface area contributed by atoms with Gasteiger partial charge in [0.15, 0.2) is 5.78 Å². The van der Waals surface area contributed by atoms with E-state index in [1.54, 1.807) is 24.3 Å². The monoisotopic (exact) mass is 584 g/mol. The molecular formula is C38H42F2O3. The smallest absolute Gasteiger partial charge is 0.255 e. The fourth-order valence-electron chi connectivity index (χ4n) is 4.69. The zero-order valence-corrected chi connectivity index (χ0v) is 25.8. The van der Waals surface area contributed by atoms with Gasteiger partial charge in [0, 0.05) is 19.3 Å². The Bertz CT molecular complexity index is 1450. The molecule has 2 rings (SSSR count). The van der Waals surface area contributed by atoms with Crippen LogP contribution in [0.2, 0.25) is 0 Å². The van der Waals surface area contributed by atoms with Crippen molar-refractivity contribution in [1.82, 2.24) is 0 Å². The van der Waals surface area contributed by atoms with Crippen molar-refractivity contribution in [3.63, 3.8) is 0 Å². The van der Waals surface area contributed by atoms with Gasteiger partial charge in [-0.3, -0.25) is 4.79 Å². The van der Waals surface area contributed by atoms with Crippen LogP contribution < -0.4 is 9.47 Å². The number of allylic oxidation sites excluding steroid dienone is 17. The number of rotatable bonds is 16. The summed E-state index contributed by atoms with van der Waals surface area (Å²) in [5.41, 5.74) is 6.42. The van der Waals surface area contributed by atoms with Crippen LogP contribution in [-0.4, -0.2) is 25.9 Å². The number of hydrogen-bond donors (Lipinski definition) is 0. The molecule has 0 saturated carbocycles. The molecule has 0 heterocycles. The molecule has 0 fully saturated rings. The van der Waals surface area contributed by atoms with Crippen molar-refractivity contribution in [2.75, 3.05) is 14.2 Å². The molecule has 0 spiro atoms. The van der Waals surface area contributed by atoms with Gasteiger partial charge in [0.25, 0.3) is 5.92 Å². The summed E-state index contributed by atoms with van der Waals surface area (Å²) in [6, 6.07) is 3.51. The molecule has 0 atom stereocenters. The second-order valence-corrected chi connectivity index (χ2v) is 10.3. The Morgan fingerprint density at radius 3 is 2.14 bits per heavy atom. The maximum absolute atomic E-state index is 13.7. The molecule has 1 aliphatic carbocycles. The van der Waals surface area contributed by atoms with E-state index >= 15 is 0 Å². The third-order valence-corrected chi connectivity index (χ3v) is 6.72. The van der Waals surface area contributed by atoms with E-state index in [9.17, 15) is 13.6 Å². The first-order valence-corrected chi connectivity index (χ1v) is 13.9. The number of carbonyl (C=O) groups excluding carboxylic acids is 1. The number of hydrogen-bond acceptors (Lipinski definition) is 3. The highest BCUT2D eigenvalue weighted by molar-refractivity contribution is 6.03. The van der Waals surface area contributed by atoms with Gasteiger partial charge >= 0.3 is 0 Å². The lowest BCUT2D eigenvalue weighted by atomic mass is 9.90. The molecule has 0 aromatic heterocycles. The van der Waals surface area contributed by atoms with E-state index < -0.39 is 12.3 Å². The van der Waals surface area contributed by atoms with Crippen molar-refractivity contribution in [3.05, 3.63) is 150 Å². The molecule has 1 aliphatic rings. The average molecular weight is 585 g/mol. The molecule has 43 heavy (non-hydrogen) atoms. The Balaban J connectivity index is 2.48. The summed E-state index contributed by atoms with van der Waals surface area (Å²) in [5, 5.41) is 0. The van der Waals surface area contributed by atoms with Crippen LogP contribution in [0.5, 0.6) is 11.5 Å². The molecule has 0 saturated heterocycles. The van der Waals surface area contributed by atoms with Crippen molar-refractivity contribution >= 4 is 11.4 Å². The minimum atomic E-state index is -2.81. The van der Waals surface area contributed by atoms with Gasteiger partial charge in [0.05, 0.1) is 14.2 Å². The molecule has 5 heteroatoms. The number of ether oxygens (including phenoxy) is 2. The Hall–Kier alpha value is -4.51. The fourth-order valence-corrected chi connectivity index (χ4v) is 4.69. The summed E-state index contributed by atoms with van der Waals surface area (Å²) in [7, 11) is 2.92. The van der Waals surface area contributed by atoms with Crippen LogP contribution in [-0.2, 0) is 0 Å². The normalized spacial score (nSPS) is 15.4. The average Bonchev–Trinajstić information content (AvgIpc) is 3.30. The van der Waals surface area contributed by atoms with Crippen molar-refractivity contribution in [1.29, 1.82) is 0 Å². The maximum Gasteiger partial charge on any atom is 0.255 e. The Morgan fingerprint density at radius 2 is 1.65 bits per heavy atom. The SMILES string of the molecule is C=C/C=C/C(=C\C=C)C(/C=C\C)=C/C(=C)C(=C)C/C(=C\C(=C)C)c1cc(OC)c(C(=O)CC2=CCC(F)(F)C2)c(OC)c1. The summed E-state index contributed by atoms with van der Waals surface area (Å²) >= 11 is 0. The van der Waals surface area contributed by atoms with E-state index in [0.29, 0.717) is 23.5 Å². The fraction of sp³-hybridized carbons (Fsp3) is 0.237. The number of methoxy groups -OCH3 is 2. The van der Waals surface area contributed by atoms with Crippen LogP contribution in [0.1, 0.15) is 55.5 Å². The topological polar surface area (TPSA) is 35.5 Å². The van der Waals surface area contributed by atoms with E-state index in [2.05, 4.69) is 32.9 Å². The molecule has 0 amide bonds. The third kappa shape index (κ3) is 10.1. The molecule has 0 N–H and O–H groups in total. The van der Waals surface area contributed by atoms with Crippen LogP contribution in [0, 0.1) is 0 Å². The molecule has 0 aliphatic heterocycles. The quantitative estimate of drug-likeness (QED) is 0.110. The van der Waals surface area contributed by atoms with Crippen molar-refractivity contribution in [3.8, 4) is 11.5 Å². The number of Topliss-reactive ketones (excluding diaryl/α,β-unsaturated/α-hetero) is 1. The van der Waals surface area contributed by atoms with E-state index in [1.807, 2.05) is 56.4 Å². The van der Waals surface area contributed by atoms with Gasteiger partial charge in [-0.2, -0.15) is 0 Å². The zero-order chi connectivity index (χ0) is 32.2. The molecule has 3 nitrogen and oxygen atoms in total. The third-order valence-electron chi connectivity index (χ3n) is 6.72. The summed E-state index contributed by atoms with van der Waals surface area (Å²) in [5.74, 6) is -2.56. The zero-order valence-electron chi connectivity index (χ0n) is 25.8. The predicted octanol–water partition coefficient (Wildman–Crippen LogP) is 10.5. The van der Waals surface area contributed by atoms with E-state index in [4.69, 9.17) is 9.47 Å². The predicted molar refractivity (Wildman–Crippen MR) is 177 cm³/mol. The molecule has 0 unspecified atom stereocenters. The van der Waals surface area contributed by atoms with Gasteiger partial charge in [0.2, 0.25) is 0 Å².